The van der Waals surface area contributed by atoms with E-state index in [9.17, 15) is 14.7 Å². The first-order chi connectivity index (χ1) is 9.80. The highest BCUT2D eigenvalue weighted by atomic mass is 16.4. The van der Waals surface area contributed by atoms with E-state index in [-0.39, 0.29) is 6.04 Å². The molecule has 0 aliphatic rings. The van der Waals surface area contributed by atoms with Gasteiger partial charge in [0.2, 0.25) is 0 Å². The molecule has 0 aromatic carbocycles. The summed E-state index contributed by atoms with van der Waals surface area (Å²) in [6.07, 6.45) is 3.69. The first kappa shape index (κ1) is 17.2. The van der Waals surface area contributed by atoms with Crippen molar-refractivity contribution in [2.24, 2.45) is 0 Å². The molecule has 1 rings (SSSR count). The van der Waals surface area contributed by atoms with Gasteiger partial charge < -0.3 is 10.4 Å². The molecule has 6 heteroatoms. The monoisotopic (exact) mass is 295 g/mol. The summed E-state index contributed by atoms with van der Waals surface area (Å²) in [5.74, 6) is -1.43. The fourth-order valence-corrected chi connectivity index (χ4v) is 2.26. The molecule has 21 heavy (non-hydrogen) atoms. The van der Waals surface area contributed by atoms with Crippen LogP contribution in [0.1, 0.15) is 69.1 Å². The molecular weight excluding hydrogens is 270 g/mol. The largest absolute Gasteiger partial charge is 0.480 e. The number of hydrogen-bond donors (Lipinski definition) is 2. The van der Waals surface area contributed by atoms with Gasteiger partial charge in [-0.05, 0) is 33.1 Å². The molecule has 1 atom stereocenters. The van der Waals surface area contributed by atoms with Gasteiger partial charge >= 0.3 is 5.97 Å². The second kappa shape index (κ2) is 6.74. The van der Waals surface area contributed by atoms with Crippen LogP contribution in [0.5, 0.6) is 0 Å². The van der Waals surface area contributed by atoms with Crippen molar-refractivity contribution < 1.29 is 14.7 Å². The molecule has 0 spiro atoms. The van der Waals surface area contributed by atoms with E-state index in [1.807, 2.05) is 11.6 Å². The van der Waals surface area contributed by atoms with Crippen molar-refractivity contribution in [2.45, 2.75) is 65.5 Å². The Bertz CT molecular complexity index is 520. The molecule has 0 radical (unpaired) electrons. The zero-order chi connectivity index (χ0) is 16.2. The summed E-state index contributed by atoms with van der Waals surface area (Å²) in [6, 6.07) is 0.253. The highest BCUT2D eigenvalue weighted by Gasteiger charge is 2.34. The van der Waals surface area contributed by atoms with Crippen LogP contribution < -0.4 is 5.32 Å². The summed E-state index contributed by atoms with van der Waals surface area (Å²) in [5.41, 5.74) is -0.0616. The van der Waals surface area contributed by atoms with E-state index in [0.717, 1.165) is 18.5 Å². The second-order valence-corrected chi connectivity index (χ2v) is 5.50. The SMILES string of the molecule is CCC(CC)n1ncc(C(=O)NC(C)(CC)C(=O)O)c1C. The maximum atomic E-state index is 12.3. The van der Waals surface area contributed by atoms with Gasteiger partial charge in [0, 0.05) is 5.69 Å². The van der Waals surface area contributed by atoms with Crippen LogP contribution in [0.25, 0.3) is 0 Å². The van der Waals surface area contributed by atoms with Crippen molar-refractivity contribution >= 4 is 11.9 Å². The number of carbonyl (C=O) groups is 2. The lowest BCUT2D eigenvalue weighted by atomic mass is 9.98. The first-order valence-corrected chi connectivity index (χ1v) is 7.40. The van der Waals surface area contributed by atoms with Crippen LogP contribution in [0.4, 0.5) is 0 Å². The zero-order valence-corrected chi connectivity index (χ0v) is 13.4. The van der Waals surface area contributed by atoms with Gasteiger partial charge in [0.05, 0.1) is 17.8 Å². The fourth-order valence-electron chi connectivity index (χ4n) is 2.26. The third-order valence-corrected chi connectivity index (χ3v) is 4.15. The molecule has 0 aliphatic carbocycles. The second-order valence-electron chi connectivity index (χ2n) is 5.50. The van der Waals surface area contributed by atoms with Crippen molar-refractivity contribution in [3.8, 4) is 0 Å². The predicted octanol–water partition coefficient (Wildman–Crippen LogP) is 2.54. The number of hydrogen-bond acceptors (Lipinski definition) is 3. The molecule has 1 aromatic rings. The number of aliphatic carboxylic acids is 1. The third kappa shape index (κ3) is 3.43. The standard InChI is InChI=1S/C15H25N3O3/c1-6-11(7-2)18-10(4)12(9-16-18)13(19)17-15(5,8-3)14(20)21/h9,11H,6-8H2,1-5H3,(H,17,19)(H,20,21). The Labute approximate surface area is 125 Å². The number of nitrogens with zero attached hydrogens (tertiary/aromatic N) is 2. The van der Waals surface area contributed by atoms with Gasteiger partial charge in [0.25, 0.3) is 5.91 Å². The molecule has 1 unspecified atom stereocenters. The molecule has 1 aromatic heterocycles. The molecule has 2 N–H and O–H groups in total. The maximum Gasteiger partial charge on any atom is 0.329 e. The van der Waals surface area contributed by atoms with E-state index < -0.39 is 17.4 Å². The van der Waals surface area contributed by atoms with Crippen LogP contribution >= 0.6 is 0 Å². The number of nitrogens with one attached hydrogen (secondary N) is 1. The lowest BCUT2D eigenvalue weighted by Gasteiger charge is -2.24. The molecule has 0 saturated carbocycles. The lowest BCUT2D eigenvalue weighted by molar-refractivity contribution is -0.143. The molecule has 0 bridgehead atoms. The molecule has 1 amide bonds. The van der Waals surface area contributed by atoms with Crippen molar-refractivity contribution in [3.63, 3.8) is 0 Å². The minimum absolute atomic E-state index is 0.253. The quantitative estimate of drug-likeness (QED) is 0.809. The number of carboxylic acid groups (broad SMARTS) is 1. The Balaban J connectivity index is 3.02. The minimum atomic E-state index is -1.26. The average molecular weight is 295 g/mol. The molecule has 6 nitrogen and oxygen atoms in total. The van der Waals surface area contributed by atoms with Crippen LogP contribution in [0, 0.1) is 6.92 Å². The predicted molar refractivity (Wildman–Crippen MR) is 80.4 cm³/mol. The number of aromatic nitrogens is 2. The summed E-state index contributed by atoms with van der Waals surface area (Å²) in [7, 11) is 0. The van der Waals surface area contributed by atoms with Gasteiger partial charge in [-0.15, -0.1) is 0 Å². The van der Waals surface area contributed by atoms with E-state index in [0.29, 0.717) is 12.0 Å². The number of amides is 1. The minimum Gasteiger partial charge on any atom is -0.480 e. The Morgan fingerprint density at radius 3 is 2.38 bits per heavy atom. The molecule has 0 saturated heterocycles. The fraction of sp³-hybridized carbons (Fsp3) is 0.667. The maximum absolute atomic E-state index is 12.3. The Hall–Kier alpha value is -1.85. The van der Waals surface area contributed by atoms with Crippen LogP contribution in [0.3, 0.4) is 0 Å². The van der Waals surface area contributed by atoms with E-state index in [1.54, 1.807) is 6.92 Å². The van der Waals surface area contributed by atoms with E-state index in [4.69, 9.17) is 0 Å². The van der Waals surface area contributed by atoms with Gasteiger partial charge in [0.1, 0.15) is 5.54 Å². The van der Waals surface area contributed by atoms with Crippen LogP contribution in [-0.4, -0.2) is 32.3 Å². The number of carbonyl (C=O) groups excluding carboxylic acids is 1. The Morgan fingerprint density at radius 1 is 1.38 bits per heavy atom. The van der Waals surface area contributed by atoms with E-state index in [2.05, 4.69) is 24.3 Å². The molecular formula is C15H25N3O3. The summed E-state index contributed by atoms with van der Waals surface area (Å²) >= 11 is 0. The van der Waals surface area contributed by atoms with Crippen molar-refractivity contribution in [1.82, 2.24) is 15.1 Å². The van der Waals surface area contributed by atoms with Gasteiger partial charge in [-0.1, -0.05) is 20.8 Å². The summed E-state index contributed by atoms with van der Waals surface area (Å²) in [6.45, 7) is 9.23. The summed E-state index contributed by atoms with van der Waals surface area (Å²) < 4.78 is 1.85. The van der Waals surface area contributed by atoms with Crippen molar-refractivity contribution in [2.75, 3.05) is 0 Å². The van der Waals surface area contributed by atoms with Crippen LogP contribution in [0.15, 0.2) is 6.20 Å². The summed E-state index contributed by atoms with van der Waals surface area (Å²) in [5, 5.41) is 16.1. The lowest BCUT2D eigenvalue weighted by Crippen LogP contribution is -2.51. The smallest absolute Gasteiger partial charge is 0.329 e. The molecule has 0 fully saturated rings. The first-order valence-electron chi connectivity index (χ1n) is 7.40. The normalized spacial score (nSPS) is 14.0. The Morgan fingerprint density at radius 2 is 1.95 bits per heavy atom. The van der Waals surface area contributed by atoms with E-state index >= 15 is 0 Å². The van der Waals surface area contributed by atoms with Gasteiger partial charge in [0.15, 0.2) is 0 Å². The number of rotatable bonds is 7. The highest BCUT2D eigenvalue weighted by Crippen LogP contribution is 2.20. The van der Waals surface area contributed by atoms with Crippen molar-refractivity contribution in [1.29, 1.82) is 0 Å². The van der Waals surface area contributed by atoms with Gasteiger partial charge in [-0.25, -0.2) is 4.79 Å². The topological polar surface area (TPSA) is 84.2 Å². The Kier molecular flexibility index (Phi) is 5.52. The molecule has 0 aliphatic heterocycles. The number of carboxylic acids is 1. The van der Waals surface area contributed by atoms with E-state index in [1.165, 1.54) is 13.1 Å². The van der Waals surface area contributed by atoms with Crippen molar-refractivity contribution in [3.05, 3.63) is 17.5 Å². The molecule has 1 heterocycles. The zero-order valence-electron chi connectivity index (χ0n) is 13.4. The van der Waals surface area contributed by atoms with Crippen LogP contribution in [-0.2, 0) is 4.79 Å². The third-order valence-electron chi connectivity index (χ3n) is 4.15. The average Bonchev–Trinajstić information content (AvgIpc) is 2.82. The van der Waals surface area contributed by atoms with Gasteiger partial charge in [-0.3, -0.25) is 9.48 Å². The molecule has 118 valence electrons. The van der Waals surface area contributed by atoms with Crippen LogP contribution in [0.2, 0.25) is 0 Å². The van der Waals surface area contributed by atoms with Gasteiger partial charge in [-0.2, -0.15) is 5.10 Å². The highest BCUT2D eigenvalue weighted by molar-refractivity contribution is 5.98. The summed E-state index contributed by atoms with van der Waals surface area (Å²) in [4.78, 5) is 23.6.